The number of likely N-dealkylation sites (N-methyl/N-ethyl adjacent to an activating group) is 1. The fourth-order valence-electron chi connectivity index (χ4n) is 6.02. The second-order valence-corrected chi connectivity index (χ2v) is 12.7. The lowest BCUT2D eigenvalue weighted by Crippen LogP contribution is -2.59. The molecule has 7 nitrogen and oxygen atoms in total. The highest BCUT2D eigenvalue weighted by molar-refractivity contribution is 8.02. The first-order valence-corrected chi connectivity index (χ1v) is 12.8. The van der Waals surface area contributed by atoms with Crippen LogP contribution in [0.25, 0.3) is 0 Å². The first kappa shape index (κ1) is 24.3. The van der Waals surface area contributed by atoms with Crippen molar-refractivity contribution >= 4 is 29.5 Å². The van der Waals surface area contributed by atoms with Crippen LogP contribution < -0.4 is 0 Å². The number of aliphatic hydroxyl groups excluding tert-OH is 1. The number of fused-ring (bicyclic) bond motifs is 2. The third kappa shape index (κ3) is 3.73. The van der Waals surface area contributed by atoms with Crippen LogP contribution in [0.1, 0.15) is 41.0 Å². The van der Waals surface area contributed by atoms with Crippen molar-refractivity contribution in [3.8, 4) is 0 Å². The van der Waals surface area contributed by atoms with E-state index in [0.717, 1.165) is 0 Å². The van der Waals surface area contributed by atoms with Crippen LogP contribution in [-0.4, -0.2) is 91.9 Å². The van der Waals surface area contributed by atoms with Crippen LogP contribution in [0.2, 0.25) is 0 Å². The van der Waals surface area contributed by atoms with E-state index in [0.29, 0.717) is 19.5 Å². The predicted molar refractivity (Wildman–Crippen MR) is 129 cm³/mol. The lowest BCUT2D eigenvalue weighted by atomic mass is 9.78. The molecule has 0 saturated carbocycles. The number of hydrogen-bond donors (Lipinski definition) is 1. The average molecular weight is 476 g/mol. The maximum Gasteiger partial charge on any atom is 0.247 e. The summed E-state index contributed by atoms with van der Waals surface area (Å²) in [5, 5.41) is 10.2. The molecule has 3 amide bonds. The smallest absolute Gasteiger partial charge is 0.247 e. The van der Waals surface area contributed by atoms with Crippen molar-refractivity contribution in [2.24, 2.45) is 17.8 Å². The number of nitrogens with zero attached hydrogens (tertiary/aromatic N) is 3. The Balaban J connectivity index is 1.88. The highest BCUT2D eigenvalue weighted by atomic mass is 32.2. The molecule has 1 spiro atoms. The molecule has 2 fully saturated rings. The molecule has 0 radical (unpaired) electrons. The van der Waals surface area contributed by atoms with E-state index in [1.165, 1.54) is 0 Å². The molecule has 33 heavy (non-hydrogen) atoms. The SMILES string of the molecule is CC(C)C[C@H](CO)N1C(=O)[C@@H]2[C@@H]3C(=O)N(C)CC=C[C@@H]3S[C@@]23C=CCN(C(C)(C)C)C(=O)C13. The van der Waals surface area contributed by atoms with Gasteiger partial charge in [0.1, 0.15) is 6.04 Å². The maximum absolute atomic E-state index is 14.2. The van der Waals surface area contributed by atoms with Crippen LogP contribution in [0, 0.1) is 17.8 Å². The molecular formula is C25H37N3O4S. The number of hydrogen-bond acceptors (Lipinski definition) is 5. The summed E-state index contributed by atoms with van der Waals surface area (Å²) >= 11 is 1.59. The number of aliphatic hydroxyl groups is 1. The molecule has 0 aromatic rings. The number of thioether (sulfide) groups is 1. The molecule has 6 atom stereocenters. The molecule has 0 aliphatic carbocycles. The molecule has 2 saturated heterocycles. The summed E-state index contributed by atoms with van der Waals surface area (Å²) in [7, 11) is 1.77. The van der Waals surface area contributed by atoms with Crippen LogP contribution in [0.4, 0.5) is 0 Å². The van der Waals surface area contributed by atoms with Gasteiger partial charge in [0.25, 0.3) is 0 Å². The second kappa shape index (κ2) is 8.45. The maximum atomic E-state index is 14.2. The van der Waals surface area contributed by atoms with Crippen LogP contribution >= 0.6 is 11.8 Å². The first-order chi connectivity index (χ1) is 15.4. The molecule has 4 heterocycles. The normalized spacial score (nSPS) is 35.0. The lowest BCUT2D eigenvalue weighted by Gasteiger charge is -2.42. The Morgan fingerprint density at radius 3 is 2.42 bits per heavy atom. The number of carbonyl (C=O) groups excluding carboxylic acids is 3. The molecule has 0 aromatic carbocycles. The van der Waals surface area contributed by atoms with Crippen LogP contribution in [-0.2, 0) is 14.4 Å². The van der Waals surface area contributed by atoms with Crippen molar-refractivity contribution in [3.05, 3.63) is 24.3 Å². The predicted octanol–water partition coefficient (Wildman–Crippen LogP) is 1.92. The van der Waals surface area contributed by atoms with E-state index in [1.54, 1.807) is 28.6 Å². The van der Waals surface area contributed by atoms with Crippen molar-refractivity contribution in [2.45, 2.75) is 68.7 Å². The topological polar surface area (TPSA) is 81.2 Å². The van der Waals surface area contributed by atoms with Gasteiger partial charge in [-0.15, -0.1) is 11.8 Å². The Labute approximate surface area is 201 Å². The van der Waals surface area contributed by atoms with Crippen molar-refractivity contribution in [1.82, 2.24) is 14.7 Å². The number of rotatable bonds is 4. The summed E-state index contributed by atoms with van der Waals surface area (Å²) in [5.41, 5.74) is -0.421. The van der Waals surface area contributed by atoms with Gasteiger partial charge in [-0.3, -0.25) is 14.4 Å². The van der Waals surface area contributed by atoms with Gasteiger partial charge in [-0.1, -0.05) is 38.2 Å². The zero-order valence-electron chi connectivity index (χ0n) is 20.5. The minimum atomic E-state index is -0.827. The van der Waals surface area contributed by atoms with Crippen LogP contribution in [0.5, 0.6) is 0 Å². The molecule has 1 N–H and O–H groups in total. The molecule has 4 aliphatic rings. The largest absolute Gasteiger partial charge is 0.394 e. The molecule has 0 bridgehead atoms. The Hall–Kier alpha value is -1.80. The van der Waals surface area contributed by atoms with Crippen molar-refractivity contribution in [3.63, 3.8) is 0 Å². The zero-order valence-corrected chi connectivity index (χ0v) is 21.3. The van der Waals surface area contributed by atoms with Gasteiger partial charge >= 0.3 is 0 Å². The zero-order chi connectivity index (χ0) is 24.3. The van der Waals surface area contributed by atoms with E-state index in [9.17, 15) is 19.5 Å². The summed E-state index contributed by atoms with van der Waals surface area (Å²) < 4.78 is -0.827. The third-order valence-electron chi connectivity index (χ3n) is 7.46. The molecule has 4 rings (SSSR count). The van der Waals surface area contributed by atoms with Crippen molar-refractivity contribution < 1.29 is 19.5 Å². The van der Waals surface area contributed by atoms with Crippen LogP contribution in [0.3, 0.4) is 0 Å². The van der Waals surface area contributed by atoms with Crippen LogP contribution in [0.15, 0.2) is 24.3 Å². The Morgan fingerprint density at radius 1 is 1.12 bits per heavy atom. The number of likely N-dealkylation sites (tertiary alicyclic amines) is 1. The number of amides is 3. The fourth-order valence-corrected chi connectivity index (χ4v) is 8.01. The Kier molecular flexibility index (Phi) is 6.23. The molecule has 1 unspecified atom stereocenters. The average Bonchev–Trinajstić information content (AvgIpc) is 3.04. The summed E-state index contributed by atoms with van der Waals surface area (Å²) in [5.74, 6) is -1.22. The monoisotopic (exact) mass is 475 g/mol. The molecule has 182 valence electrons. The van der Waals surface area contributed by atoms with E-state index in [2.05, 4.69) is 13.8 Å². The van der Waals surface area contributed by atoms with Gasteiger partial charge in [0.05, 0.1) is 29.2 Å². The number of carbonyl (C=O) groups is 3. The van der Waals surface area contributed by atoms with Gasteiger partial charge in [-0.25, -0.2) is 0 Å². The van der Waals surface area contributed by atoms with Gasteiger partial charge in [0, 0.05) is 30.9 Å². The van der Waals surface area contributed by atoms with E-state index in [4.69, 9.17) is 0 Å². The van der Waals surface area contributed by atoms with Crippen molar-refractivity contribution in [2.75, 3.05) is 26.7 Å². The fraction of sp³-hybridized carbons (Fsp3) is 0.720. The molecule has 4 aliphatic heterocycles. The van der Waals surface area contributed by atoms with Gasteiger partial charge in [0.2, 0.25) is 17.7 Å². The Morgan fingerprint density at radius 2 is 1.82 bits per heavy atom. The van der Waals surface area contributed by atoms with E-state index in [-0.39, 0.29) is 35.5 Å². The Bertz CT molecular complexity index is 895. The first-order valence-electron chi connectivity index (χ1n) is 12.0. The van der Waals surface area contributed by atoms with E-state index >= 15 is 0 Å². The van der Waals surface area contributed by atoms with Gasteiger partial charge in [0.15, 0.2) is 0 Å². The lowest BCUT2D eigenvalue weighted by molar-refractivity contribution is -0.148. The quantitative estimate of drug-likeness (QED) is 0.629. The van der Waals surface area contributed by atoms with E-state index in [1.807, 2.05) is 50.0 Å². The highest BCUT2D eigenvalue weighted by Gasteiger charge is 2.71. The molecular weight excluding hydrogens is 438 g/mol. The van der Waals surface area contributed by atoms with Gasteiger partial charge in [-0.2, -0.15) is 0 Å². The molecule has 0 aromatic heterocycles. The van der Waals surface area contributed by atoms with Gasteiger partial charge < -0.3 is 19.8 Å². The summed E-state index contributed by atoms with van der Waals surface area (Å²) in [6, 6.07) is -1.21. The minimum Gasteiger partial charge on any atom is -0.394 e. The third-order valence-corrected chi connectivity index (χ3v) is 9.20. The summed E-state index contributed by atoms with van der Waals surface area (Å²) in [6.07, 6.45) is 8.67. The van der Waals surface area contributed by atoms with E-state index < -0.39 is 34.2 Å². The summed E-state index contributed by atoms with van der Waals surface area (Å²) in [4.78, 5) is 46.9. The van der Waals surface area contributed by atoms with Crippen molar-refractivity contribution in [1.29, 1.82) is 0 Å². The van der Waals surface area contributed by atoms with Gasteiger partial charge in [-0.05, 0) is 33.1 Å². The highest BCUT2D eigenvalue weighted by Crippen LogP contribution is 2.61. The summed E-state index contributed by atoms with van der Waals surface area (Å²) in [6.45, 7) is 10.9. The second-order valence-electron chi connectivity index (χ2n) is 11.2. The minimum absolute atomic E-state index is 0.0458. The standard InChI is InChI=1S/C25H37N3O4S/c1-15(2)13-16(14-29)28-20-23(32)27(24(3,4)5)12-8-10-25(20)19(22(28)31)18-17(33-25)9-7-11-26(6)21(18)30/h7-10,15-20,29H,11-14H2,1-6H3/t16-,17+,18-,19+,20?,25+/m1/s1. The molecule has 8 heteroatoms.